The summed E-state index contributed by atoms with van der Waals surface area (Å²) in [7, 11) is 0. The van der Waals surface area contributed by atoms with Crippen molar-refractivity contribution < 1.29 is 20.1 Å². The van der Waals surface area contributed by atoms with E-state index in [1.54, 1.807) is 6.26 Å². The van der Waals surface area contributed by atoms with Crippen molar-refractivity contribution in [3.05, 3.63) is 0 Å². The molecule has 0 radical (unpaired) electrons. The van der Waals surface area contributed by atoms with E-state index in [1.807, 2.05) is 0 Å². The number of aliphatic hydroxyl groups is 3. The largest absolute Gasteiger partial charge is 0.394 e. The van der Waals surface area contributed by atoms with Gasteiger partial charge in [0.15, 0.2) is 28.4 Å². The highest BCUT2D eigenvalue weighted by molar-refractivity contribution is 7.98. The number of nitrogens with two attached hydrogens (primary N) is 1. The zero-order valence-corrected chi connectivity index (χ0v) is 11.8. The number of hydrogen-bond donors (Lipinski definition) is 4. The molecular formula is C10H14N6O4S. The minimum Gasteiger partial charge on any atom is -0.394 e. The summed E-state index contributed by atoms with van der Waals surface area (Å²) < 4.78 is 6.64. The third kappa shape index (κ3) is 2.22. The summed E-state index contributed by atoms with van der Waals surface area (Å²) in [6.07, 6.45) is -2.60. The lowest BCUT2D eigenvalue weighted by Crippen LogP contribution is -2.33. The van der Waals surface area contributed by atoms with E-state index in [-0.39, 0.29) is 11.3 Å². The molecule has 0 aromatic carbocycles. The van der Waals surface area contributed by atoms with Gasteiger partial charge in [0.2, 0.25) is 0 Å². The molecule has 114 valence electrons. The van der Waals surface area contributed by atoms with Crippen LogP contribution in [-0.4, -0.2) is 71.5 Å². The number of anilines is 1. The van der Waals surface area contributed by atoms with Crippen LogP contribution in [0.2, 0.25) is 0 Å². The summed E-state index contributed by atoms with van der Waals surface area (Å²) in [5.41, 5.74) is 6.36. The first-order valence-electron chi connectivity index (χ1n) is 6.11. The summed E-state index contributed by atoms with van der Waals surface area (Å²) in [5.74, 6) is 0.169. The fraction of sp³-hybridized carbons (Fsp3) is 0.600. The molecule has 3 rings (SSSR count). The van der Waals surface area contributed by atoms with Crippen molar-refractivity contribution in [1.29, 1.82) is 0 Å². The van der Waals surface area contributed by atoms with Crippen LogP contribution in [0.1, 0.15) is 6.23 Å². The van der Waals surface area contributed by atoms with Crippen molar-refractivity contribution in [2.24, 2.45) is 0 Å². The Morgan fingerprint density at radius 2 is 2.10 bits per heavy atom. The first-order chi connectivity index (χ1) is 10.1. The van der Waals surface area contributed by atoms with Gasteiger partial charge in [-0.1, -0.05) is 17.0 Å². The molecule has 4 atom stereocenters. The second kappa shape index (κ2) is 5.35. The minimum absolute atomic E-state index is 0.169. The van der Waals surface area contributed by atoms with E-state index in [2.05, 4.69) is 20.3 Å². The molecule has 0 aliphatic carbocycles. The van der Waals surface area contributed by atoms with Gasteiger partial charge in [-0.15, -0.1) is 5.10 Å². The van der Waals surface area contributed by atoms with Gasteiger partial charge in [0, 0.05) is 0 Å². The average molecular weight is 314 g/mol. The molecule has 10 nitrogen and oxygen atoms in total. The van der Waals surface area contributed by atoms with Crippen molar-refractivity contribution in [2.75, 3.05) is 18.6 Å². The summed E-state index contributed by atoms with van der Waals surface area (Å²) in [6.45, 7) is -0.422. The normalized spacial score (nSPS) is 29.3. The molecule has 1 aliphatic heterocycles. The second-order valence-electron chi connectivity index (χ2n) is 4.53. The Labute approximate surface area is 122 Å². The number of fused-ring (bicyclic) bond motifs is 1. The molecule has 2 aromatic rings. The van der Waals surface area contributed by atoms with Crippen LogP contribution >= 0.6 is 11.8 Å². The fourth-order valence-electron chi connectivity index (χ4n) is 2.17. The summed E-state index contributed by atoms with van der Waals surface area (Å²) in [4.78, 5) is 8.29. The SMILES string of the molecule is CSc1nc(N)c2nnn([C@@H]3O[C@H](CO)[C@@H](O)[C@H]3O)c2n1. The number of rotatable bonds is 3. The van der Waals surface area contributed by atoms with Crippen LogP contribution in [0, 0.1) is 0 Å². The maximum Gasteiger partial charge on any atom is 0.191 e. The third-order valence-corrected chi connectivity index (χ3v) is 3.82. The molecule has 0 amide bonds. The van der Waals surface area contributed by atoms with Crippen LogP contribution in [0.15, 0.2) is 5.16 Å². The first-order valence-corrected chi connectivity index (χ1v) is 7.34. The standard InChI is InChI=1S/C10H14N6O4S/c1-21-10-12-7(11)4-8(13-10)16(15-14-4)9-6(19)5(18)3(2-17)20-9/h3,5-6,9,17-19H,2H2,1H3,(H2,11,12,13)/t3-,5-,6-,9-/m1/s1. The van der Waals surface area contributed by atoms with Crippen LogP contribution in [0.4, 0.5) is 5.82 Å². The van der Waals surface area contributed by atoms with E-state index in [4.69, 9.17) is 15.6 Å². The topological polar surface area (TPSA) is 152 Å². The van der Waals surface area contributed by atoms with Gasteiger partial charge in [0.25, 0.3) is 0 Å². The molecule has 5 N–H and O–H groups in total. The lowest BCUT2D eigenvalue weighted by atomic mass is 10.1. The minimum atomic E-state index is -1.26. The molecule has 0 bridgehead atoms. The predicted molar refractivity (Wildman–Crippen MR) is 72.3 cm³/mol. The van der Waals surface area contributed by atoms with Crippen molar-refractivity contribution in [3.8, 4) is 0 Å². The highest BCUT2D eigenvalue weighted by Crippen LogP contribution is 2.31. The molecule has 3 heterocycles. The predicted octanol–water partition coefficient (Wildman–Crippen LogP) is -1.86. The maximum absolute atomic E-state index is 10.0. The van der Waals surface area contributed by atoms with Crippen molar-refractivity contribution in [2.45, 2.75) is 29.7 Å². The van der Waals surface area contributed by atoms with Gasteiger partial charge in [-0.2, -0.15) is 4.68 Å². The van der Waals surface area contributed by atoms with E-state index in [1.165, 1.54) is 16.4 Å². The summed E-state index contributed by atoms with van der Waals surface area (Å²) in [5, 5.41) is 37.1. The highest BCUT2D eigenvalue weighted by atomic mass is 32.2. The van der Waals surface area contributed by atoms with Crippen molar-refractivity contribution in [1.82, 2.24) is 25.0 Å². The number of nitrogens with zero attached hydrogens (tertiary/aromatic N) is 5. The van der Waals surface area contributed by atoms with E-state index in [9.17, 15) is 10.2 Å². The number of aromatic nitrogens is 5. The fourth-order valence-corrected chi connectivity index (χ4v) is 2.54. The molecule has 0 saturated carbocycles. The van der Waals surface area contributed by atoms with Gasteiger partial charge in [-0.3, -0.25) is 0 Å². The summed E-state index contributed by atoms with van der Waals surface area (Å²) >= 11 is 1.30. The zero-order valence-electron chi connectivity index (χ0n) is 11.0. The molecule has 0 spiro atoms. The lowest BCUT2D eigenvalue weighted by Gasteiger charge is -2.14. The van der Waals surface area contributed by atoms with Crippen LogP contribution in [0.3, 0.4) is 0 Å². The Hall–Kier alpha value is -1.53. The number of hydrogen-bond acceptors (Lipinski definition) is 10. The zero-order chi connectivity index (χ0) is 15.1. The number of ether oxygens (including phenoxy) is 1. The number of aliphatic hydroxyl groups excluding tert-OH is 3. The van der Waals surface area contributed by atoms with Gasteiger partial charge >= 0.3 is 0 Å². The summed E-state index contributed by atoms with van der Waals surface area (Å²) in [6, 6.07) is 0. The molecule has 21 heavy (non-hydrogen) atoms. The second-order valence-corrected chi connectivity index (χ2v) is 5.30. The Kier molecular flexibility index (Phi) is 3.67. The molecule has 1 aliphatic rings. The Morgan fingerprint density at radius 3 is 2.71 bits per heavy atom. The van der Waals surface area contributed by atoms with Gasteiger partial charge < -0.3 is 25.8 Å². The van der Waals surface area contributed by atoms with Crippen LogP contribution < -0.4 is 5.73 Å². The van der Waals surface area contributed by atoms with Crippen LogP contribution in [0.25, 0.3) is 11.2 Å². The highest BCUT2D eigenvalue weighted by Gasteiger charge is 2.44. The van der Waals surface area contributed by atoms with E-state index >= 15 is 0 Å². The van der Waals surface area contributed by atoms with Gasteiger partial charge in [0.1, 0.15) is 18.3 Å². The molecular weight excluding hydrogens is 300 g/mol. The van der Waals surface area contributed by atoms with Crippen LogP contribution in [0.5, 0.6) is 0 Å². The van der Waals surface area contributed by atoms with Gasteiger partial charge in [0.05, 0.1) is 6.61 Å². The molecule has 1 saturated heterocycles. The molecule has 11 heteroatoms. The molecule has 2 aromatic heterocycles. The van der Waals surface area contributed by atoms with Gasteiger partial charge in [-0.25, -0.2) is 9.97 Å². The Morgan fingerprint density at radius 1 is 1.33 bits per heavy atom. The number of thioether (sulfide) groups is 1. The monoisotopic (exact) mass is 314 g/mol. The maximum atomic E-state index is 10.0. The molecule has 0 unspecified atom stereocenters. The number of nitrogen functional groups attached to an aromatic ring is 1. The average Bonchev–Trinajstić information content (AvgIpc) is 3.02. The first kappa shape index (κ1) is 14.4. The van der Waals surface area contributed by atoms with Crippen molar-refractivity contribution >= 4 is 28.7 Å². The lowest BCUT2D eigenvalue weighted by molar-refractivity contribution is -0.0575. The van der Waals surface area contributed by atoms with E-state index in [0.717, 1.165) is 0 Å². The third-order valence-electron chi connectivity index (χ3n) is 3.27. The molecule has 1 fully saturated rings. The van der Waals surface area contributed by atoms with Crippen molar-refractivity contribution in [3.63, 3.8) is 0 Å². The van der Waals surface area contributed by atoms with E-state index < -0.39 is 31.1 Å². The van der Waals surface area contributed by atoms with Crippen LogP contribution in [-0.2, 0) is 4.74 Å². The van der Waals surface area contributed by atoms with Gasteiger partial charge in [-0.05, 0) is 6.26 Å². The van der Waals surface area contributed by atoms with E-state index in [0.29, 0.717) is 10.8 Å². The Bertz CT molecular complexity index is 666. The Balaban J connectivity index is 2.07. The smallest absolute Gasteiger partial charge is 0.191 e. The quantitative estimate of drug-likeness (QED) is 0.374.